The zero-order chi connectivity index (χ0) is 8.43. The molecule has 60 valence electrons. The molecule has 0 saturated carbocycles. The fourth-order valence-electron chi connectivity index (χ4n) is 0.833. The Hall–Kier alpha value is -1.22. The molecule has 4 N–H and O–H groups in total. The molecule has 0 saturated heterocycles. The highest BCUT2D eigenvalue weighted by molar-refractivity contribution is 5.53. The number of nitrogen functional groups attached to an aromatic ring is 1. The second kappa shape index (κ2) is 2.80. The van der Waals surface area contributed by atoms with E-state index in [4.69, 9.17) is 15.9 Å². The summed E-state index contributed by atoms with van der Waals surface area (Å²) in [5.41, 5.74) is 6.40. The SMILES string of the molecule is C[C@@H](O)c1ccc(O)c(N)c1. The quantitative estimate of drug-likeness (QED) is 0.417. The molecule has 0 aliphatic rings. The minimum atomic E-state index is -0.544. The van der Waals surface area contributed by atoms with Gasteiger partial charge in [0.25, 0.3) is 0 Å². The highest BCUT2D eigenvalue weighted by Crippen LogP contribution is 2.23. The summed E-state index contributed by atoms with van der Waals surface area (Å²) in [6, 6.07) is 4.66. The molecule has 3 heteroatoms. The lowest BCUT2D eigenvalue weighted by Gasteiger charge is -2.05. The molecule has 11 heavy (non-hydrogen) atoms. The summed E-state index contributed by atoms with van der Waals surface area (Å²) in [6.45, 7) is 1.64. The maximum absolute atomic E-state index is 9.10. The Labute approximate surface area is 65.1 Å². The normalized spacial score (nSPS) is 12.9. The number of anilines is 1. The number of hydrogen-bond donors (Lipinski definition) is 3. The first kappa shape index (κ1) is 7.88. The molecule has 0 amide bonds. The van der Waals surface area contributed by atoms with Crippen LogP contribution in [0, 0.1) is 0 Å². The molecular formula is C8H11NO2. The van der Waals surface area contributed by atoms with Crippen LogP contribution in [0.4, 0.5) is 5.69 Å². The smallest absolute Gasteiger partial charge is 0.138 e. The van der Waals surface area contributed by atoms with E-state index < -0.39 is 6.10 Å². The summed E-state index contributed by atoms with van der Waals surface area (Å²) in [5, 5.41) is 18.1. The third-order valence-electron chi connectivity index (χ3n) is 1.53. The van der Waals surface area contributed by atoms with Crippen LogP contribution in [0.25, 0.3) is 0 Å². The second-order valence-corrected chi connectivity index (χ2v) is 2.49. The van der Waals surface area contributed by atoms with Crippen LogP contribution in [0.5, 0.6) is 5.75 Å². The van der Waals surface area contributed by atoms with Crippen LogP contribution >= 0.6 is 0 Å². The van der Waals surface area contributed by atoms with Gasteiger partial charge in [-0.05, 0) is 24.6 Å². The van der Waals surface area contributed by atoms with Gasteiger partial charge < -0.3 is 15.9 Å². The molecular weight excluding hydrogens is 142 g/mol. The number of aliphatic hydroxyl groups is 1. The van der Waals surface area contributed by atoms with E-state index in [2.05, 4.69) is 0 Å². The number of hydrogen-bond acceptors (Lipinski definition) is 3. The summed E-state index contributed by atoms with van der Waals surface area (Å²) in [5.74, 6) is 0.0504. The molecule has 1 atom stereocenters. The van der Waals surface area contributed by atoms with E-state index >= 15 is 0 Å². The molecule has 0 aromatic heterocycles. The van der Waals surface area contributed by atoms with Crippen molar-refractivity contribution >= 4 is 5.69 Å². The van der Waals surface area contributed by atoms with Gasteiger partial charge in [-0.25, -0.2) is 0 Å². The average Bonchev–Trinajstić information content (AvgIpc) is 1.94. The number of nitrogens with two attached hydrogens (primary N) is 1. The zero-order valence-corrected chi connectivity index (χ0v) is 6.28. The summed E-state index contributed by atoms with van der Waals surface area (Å²) in [6.07, 6.45) is -0.544. The molecule has 1 rings (SSSR count). The van der Waals surface area contributed by atoms with E-state index in [0.717, 1.165) is 0 Å². The van der Waals surface area contributed by atoms with Crippen LogP contribution in [0.2, 0.25) is 0 Å². The summed E-state index contributed by atoms with van der Waals surface area (Å²) < 4.78 is 0. The van der Waals surface area contributed by atoms with Crippen LogP contribution in [0.3, 0.4) is 0 Å². The van der Waals surface area contributed by atoms with Crippen molar-refractivity contribution in [2.75, 3.05) is 5.73 Å². The highest BCUT2D eigenvalue weighted by Gasteiger charge is 2.02. The van der Waals surface area contributed by atoms with Gasteiger partial charge in [0.15, 0.2) is 0 Å². The molecule has 0 bridgehead atoms. The topological polar surface area (TPSA) is 66.5 Å². The number of aromatic hydroxyl groups is 1. The molecule has 0 spiro atoms. The summed E-state index contributed by atoms with van der Waals surface area (Å²) in [4.78, 5) is 0. The fraction of sp³-hybridized carbons (Fsp3) is 0.250. The van der Waals surface area contributed by atoms with Crippen LogP contribution < -0.4 is 5.73 Å². The Morgan fingerprint density at radius 1 is 1.45 bits per heavy atom. The molecule has 0 aliphatic carbocycles. The van der Waals surface area contributed by atoms with Crippen molar-refractivity contribution in [2.45, 2.75) is 13.0 Å². The molecule has 0 unspecified atom stereocenters. The highest BCUT2D eigenvalue weighted by atomic mass is 16.3. The number of benzene rings is 1. The number of phenols is 1. The van der Waals surface area contributed by atoms with E-state index in [9.17, 15) is 0 Å². The predicted octanol–water partition coefficient (Wildman–Crippen LogP) is 1.03. The van der Waals surface area contributed by atoms with Gasteiger partial charge >= 0.3 is 0 Å². The van der Waals surface area contributed by atoms with Crippen molar-refractivity contribution < 1.29 is 10.2 Å². The van der Waals surface area contributed by atoms with Gasteiger partial charge in [0.1, 0.15) is 5.75 Å². The molecule has 0 fully saturated rings. The first-order valence-corrected chi connectivity index (χ1v) is 3.37. The Morgan fingerprint density at radius 2 is 2.09 bits per heavy atom. The second-order valence-electron chi connectivity index (χ2n) is 2.49. The maximum atomic E-state index is 9.10. The predicted molar refractivity (Wildman–Crippen MR) is 43.2 cm³/mol. The van der Waals surface area contributed by atoms with E-state index in [-0.39, 0.29) is 5.75 Å². The molecule has 0 aliphatic heterocycles. The molecule has 0 heterocycles. The third kappa shape index (κ3) is 1.62. The van der Waals surface area contributed by atoms with Crippen LogP contribution in [0.1, 0.15) is 18.6 Å². The Kier molecular flexibility index (Phi) is 2.01. The van der Waals surface area contributed by atoms with E-state index in [1.165, 1.54) is 6.07 Å². The number of rotatable bonds is 1. The standard InChI is InChI=1S/C8H11NO2/c1-5(10)6-2-3-8(11)7(9)4-6/h2-5,10-11H,9H2,1H3/t5-/m1/s1. The van der Waals surface area contributed by atoms with E-state index in [1.54, 1.807) is 19.1 Å². The molecule has 0 radical (unpaired) electrons. The first-order valence-electron chi connectivity index (χ1n) is 3.37. The third-order valence-corrected chi connectivity index (χ3v) is 1.53. The van der Waals surface area contributed by atoms with Gasteiger partial charge in [0, 0.05) is 0 Å². The van der Waals surface area contributed by atoms with Crippen LogP contribution in [-0.4, -0.2) is 10.2 Å². The lowest BCUT2D eigenvalue weighted by Crippen LogP contribution is -1.93. The average molecular weight is 153 g/mol. The maximum Gasteiger partial charge on any atom is 0.138 e. The number of aliphatic hydroxyl groups excluding tert-OH is 1. The molecule has 1 aromatic carbocycles. The van der Waals surface area contributed by atoms with Crippen LogP contribution in [-0.2, 0) is 0 Å². The number of phenolic OH excluding ortho intramolecular Hbond substituents is 1. The largest absolute Gasteiger partial charge is 0.506 e. The fourth-order valence-corrected chi connectivity index (χ4v) is 0.833. The van der Waals surface area contributed by atoms with Crippen molar-refractivity contribution in [1.82, 2.24) is 0 Å². The lowest BCUT2D eigenvalue weighted by atomic mass is 10.1. The van der Waals surface area contributed by atoms with Crippen molar-refractivity contribution in [3.63, 3.8) is 0 Å². The monoisotopic (exact) mass is 153 g/mol. The van der Waals surface area contributed by atoms with Crippen molar-refractivity contribution in [3.05, 3.63) is 23.8 Å². The molecule has 1 aromatic rings. The van der Waals surface area contributed by atoms with Gasteiger partial charge in [-0.1, -0.05) is 6.07 Å². The first-order chi connectivity index (χ1) is 5.11. The van der Waals surface area contributed by atoms with Crippen LogP contribution in [0.15, 0.2) is 18.2 Å². The van der Waals surface area contributed by atoms with Crippen molar-refractivity contribution in [3.8, 4) is 5.75 Å². The van der Waals surface area contributed by atoms with Gasteiger partial charge in [-0.2, -0.15) is 0 Å². The lowest BCUT2D eigenvalue weighted by molar-refractivity contribution is 0.199. The van der Waals surface area contributed by atoms with Gasteiger partial charge in [-0.3, -0.25) is 0 Å². The van der Waals surface area contributed by atoms with Gasteiger partial charge in [-0.15, -0.1) is 0 Å². The van der Waals surface area contributed by atoms with E-state index in [0.29, 0.717) is 11.3 Å². The Balaban J connectivity index is 3.05. The van der Waals surface area contributed by atoms with Crippen molar-refractivity contribution in [1.29, 1.82) is 0 Å². The Morgan fingerprint density at radius 3 is 2.55 bits per heavy atom. The molecule has 3 nitrogen and oxygen atoms in total. The zero-order valence-electron chi connectivity index (χ0n) is 6.28. The van der Waals surface area contributed by atoms with Gasteiger partial charge in [0.05, 0.1) is 11.8 Å². The summed E-state index contributed by atoms with van der Waals surface area (Å²) >= 11 is 0. The van der Waals surface area contributed by atoms with Crippen molar-refractivity contribution in [2.24, 2.45) is 0 Å². The minimum absolute atomic E-state index is 0.0504. The minimum Gasteiger partial charge on any atom is -0.506 e. The summed E-state index contributed by atoms with van der Waals surface area (Å²) in [7, 11) is 0. The van der Waals surface area contributed by atoms with Gasteiger partial charge in [0.2, 0.25) is 0 Å². The Bertz CT molecular complexity index is 258. The van der Waals surface area contributed by atoms with E-state index in [1.807, 2.05) is 0 Å².